The van der Waals surface area contributed by atoms with Crippen LogP contribution in [-0.4, -0.2) is 11.5 Å². The van der Waals surface area contributed by atoms with E-state index < -0.39 is 6.17 Å². The van der Waals surface area contributed by atoms with Gasteiger partial charge in [0.15, 0.2) is 0 Å². The van der Waals surface area contributed by atoms with Crippen molar-refractivity contribution in [2.45, 2.75) is 12.6 Å². The Morgan fingerprint density at radius 2 is 1.83 bits per heavy atom. The molecule has 0 bridgehead atoms. The number of rotatable bonds is 3. The smallest absolute Gasteiger partial charge is 0.114 e. The van der Waals surface area contributed by atoms with Gasteiger partial charge < -0.3 is 0 Å². The zero-order valence-corrected chi connectivity index (χ0v) is 9.61. The number of hydrogen-bond donors (Lipinski definition) is 0. The largest absolute Gasteiger partial charge is 0.246 e. The minimum Gasteiger partial charge on any atom is -0.246 e. The minimum absolute atomic E-state index is 0.406. The van der Waals surface area contributed by atoms with E-state index in [1.54, 1.807) is 0 Å². The second-order valence-corrected chi connectivity index (χ2v) is 4.15. The predicted molar refractivity (Wildman–Crippen MR) is 56.5 cm³/mol. The maximum atomic E-state index is 12.9. The summed E-state index contributed by atoms with van der Waals surface area (Å²) < 4.78 is 13.9. The van der Waals surface area contributed by atoms with Crippen LogP contribution in [0.3, 0.4) is 0 Å². The summed E-state index contributed by atoms with van der Waals surface area (Å²) >= 11 is 6.43. The lowest BCUT2D eigenvalue weighted by Gasteiger charge is -2.03. The summed E-state index contributed by atoms with van der Waals surface area (Å²) in [5.74, 6) is 0. The van der Waals surface area contributed by atoms with Gasteiger partial charge in [-0.15, -0.1) is 0 Å². The lowest BCUT2D eigenvalue weighted by molar-refractivity contribution is 0.368. The molecule has 12 heavy (non-hydrogen) atoms. The highest BCUT2D eigenvalue weighted by Gasteiger charge is 2.04. The van der Waals surface area contributed by atoms with E-state index in [0.717, 1.165) is 10.0 Å². The van der Waals surface area contributed by atoms with Gasteiger partial charge >= 0.3 is 0 Å². The van der Waals surface area contributed by atoms with E-state index in [-0.39, 0.29) is 0 Å². The minimum atomic E-state index is -0.786. The molecule has 0 saturated carbocycles. The first-order valence-corrected chi connectivity index (χ1v) is 5.58. The predicted octanol–water partition coefficient (Wildman–Crippen LogP) is 3.72. The molecule has 1 unspecified atom stereocenters. The SMILES string of the molecule is FC(CBr)Cc1ccc(Br)cc1. The van der Waals surface area contributed by atoms with Crippen LogP contribution in [0.1, 0.15) is 5.56 Å². The van der Waals surface area contributed by atoms with Gasteiger partial charge in [0.2, 0.25) is 0 Å². The molecule has 0 N–H and O–H groups in total. The van der Waals surface area contributed by atoms with Crippen LogP contribution in [0.25, 0.3) is 0 Å². The van der Waals surface area contributed by atoms with Crippen LogP contribution in [0.15, 0.2) is 28.7 Å². The van der Waals surface area contributed by atoms with E-state index in [1.165, 1.54) is 0 Å². The normalized spacial score (nSPS) is 12.9. The fraction of sp³-hybridized carbons (Fsp3) is 0.333. The van der Waals surface area contributed by atoms with Crippen LogP contribution >= 0.6 is 31.9 Å². The molecular formula is C9H9Br2F. The molecule has 0 heterocycles. The molecule has 0 saturated heterocycles. The monoisotopic (exact) mass is 294 g/mol. The van der Waals surface area contributed by atoms with Gasteiger partial charge in [0, 0.05) is 16.2 Å². The Bertz CT molecular complexity index is 233. The molecule has 0 radical (unpaired) electrons. The summed E-state index contributed by atoms with van der Waals surface area (Å²) in [5.41, 5.74) is 1.03. The van der Waals surface area contributed by atoms with Gasteiger partial charge in [0.05, 0.1) is 0 Å². The second-order valence-electron chi connectivity index (χ2n) is 2.58. The molecule has 1 aromatic carbocycles. The van der Waals surface area contributed by atoms with E-state index >= 15 is 0 Å². The molecule has 0 aliphatic heterocycles. The molecule has 0 aliphatic rings. The third-order valence-electron chi connectivity index (χ3n) is 1.54. The molecule has 1 aromatic rings. The van der Waals surface area contributed by atoms with Crippen LogP contribution < -0.4 is 0 Å². The number of alkyl halides is 2. The topological polar surface area (TPSA) is 0 Å². The molecule has 1 atom stereocenters. The first-order chi connectivity index (χ1) is 5.72. The highest BCUT2D eigenvalue weighted by Crippen LogP contribution is 2.13. The zero-order valence-electron chi connectivity index (χ0n) is 6.43. The lowest BCUT2D eigenvalue weighted by atomic mass is 10.1. The molecule has 0 spiro atoms. The van der Waals surface area contributed by atoms with E-state index in [2.05, 4.69) is 31.9 Å². The van der Waals surface area contributed by atoms with Crippen molar-refractivity contribution in [1.82, 2.24) is 0 Å². The third kappa shape index (κ3) is 3.23. The van der Waals surface area contributed by atoms with E-state index in [0.29, 0.717) is 11.8 Å². The Morgan fingerprint density at radius 1 is 1.25 bits per heavy atom. The highest BCUT2D eigenvalue weighted by atomic mass is 79.9. The molecular weight excluding hydrogens is 287 g/mol. The summed E-state index contributed by atoms with van der Waals surface area (Å²) in [6.45, 7) is 0. The van der Waals surface area contributed by atoms with Crippen molar-refractivity contribution in [1.29, 1.82) is 0 Å². The van der Waals surface area contributed by atoms with E-state index in [1.807, 2.05) is 24.3 Å². The van der Waals surface area contributed by atoms with Crippen molar-refractivity contribution in [2.24, 2.45) is 0 Å². The maximum Gasteiger partial charge on any atom is 0.114 e. The van der Waals surface area contributed by atoms with Crippen molar-refractivity contribution in [3.8, 4) is 0 Å². The van der Waals surface area contributed by atoms with E-state index in [9.17, 15) is 4.39 Å². The van der Waals surface area contributed by atoms with Crippen LogP contribution in [0, 0.1) is 0 Å². The Labute approximate surface area is 88.4 Å². The molecule has 1 rings (SSSR count). The Kier molecular flexibility index (Phi) is 4.22. The molecule has 66 valence electrons. The van der Waals surface area contributed by atoms with Crippen molar-refractivity contribution in [3.05, 3.63) is 34.3 Å². The molecule has 0 fully saturated rings. The van der Waals surface area contributed by atoms with Gasteiger partial charge in [0.1, 0.15) is 6.17 Å². The van der Waals surface area contributed by atoms with Gasteiger partial charge in [-0.3, -0.25) is 0 Å². The maximum absolute atomic E-state index is 12.9. The molecule has 3 heteroatoms. The van der Waals surface area contributed by atoms with Crippen LogP contribution in [-0.2, 0) is 6.42 Å². The summed E-state index contributed by atoms with van der Waals surface area (Å²) in [6, 6.07) is 7.71. The molecule has 0 nitrogen and oxygen atoms in total. The first-order valence-electron chi connectivity index (χ1n) is 3.67. The summed E-state index contributed by atoms with van der Waals surface area (Å²) in [7, 11) is 0. The fourth-order valence-corrected chi connectivity index (χ4v) is 1.42. The zero-order chi connectivity index (χ0) is 8.97. The van der Waals surface area contributed by atoms with Gasteiger partial charge in [-0.1, -0.05) is 44.0 Å². The second kappa shape index (κ2) is 4.97. The quantitative estimate of drug-likeness (QED) is 0.746. The Morgan fingerprint density at radius 3 is 2.33 bits per heavy atom. The van der Waals surface area contributed by atoms with Crippen LogP contribution in [0.2, 0.25) is 0 Å². The number of benzene rings is 1. The van der Waals surface area contributed by atoms with Gasteiger partial charge in [0.25, 0.3) is 0 Å². The first kappa shape index (κ1) is 10.2. The average molecular weight is 296 g/mol. The molecule has 0 aliphatic carbocycles. The van der Waals surface area contributed by atoms with E-state index in [4.69, 9.17) is 0 Å². The van der Waals surface area contributed by atoms with Crippen LogP contribution in [0.4, 0.5) is 4.39 Å². The van der Waals surface area contributed by atoms with Crippen molar-refractivity contribution < 1.29 is 4.39 Å². The number of halogens is 3. The highest BCUT2D eigenvalue weighted by molar-refractivity contribution is 9.10. The van der Waals surface area contributed by atoms with Crippen molar-refractivity contribution >= 4 is 31.9 Å². The number of hydrogen-bond acceptors (Lipinski definition) is 0. The lowest BCUT2D eigenvalue weighted by Crippen LogP contribution is -2.05. The van der Waals surface area contributed by atoms with Gasteiger partial charge in [-0.2, -0.15) is 0 Å². The summed E-state index contributed by atoms with van der Waals surface area (Å²) in [6.07, 6.45) is -0.301. The van der Waals surface area contributed by atoms with Gasteiger partial charge in [-0.05, 0) is 17.7 Å². The standard InChI is InChI=1S/C9H9Br2F/c10-6-9(12)5-7-1-3-8(11)4-2-7/h1-4,9H,5-6H2. The van der Waals surface area contributed by atoms with Gasteiger partial charge in [-0.25, -0.2) is 4.39 Å². The molecule has 0 amide bonds. The Balaban J connectivity index is 2.58. The third-order valence-corrected chi connectivity index (χ3v) is 2.77. The van der Waals surface area contributed by atoms with Crippen LogP contribution in [0.5, 0.6) is 0 Å². The van der Waals surface area contributed by atoms with Crippen molar-refractivity contribution in [3.63, 3.8) is 0 Å². The summed E-state index contributed by atoms with van der Waals surface area (Å²) in [5, 5.41) is 0.406. The average Bonchev–Trinajstić information content (AvgIpc) is 2.09. The summed E-state index contributed by atoms with van der Waals surface area (Å²) in [4.78, 5) is 0. The fourth-order valence-electron chi connectivity index (χ4n) is 0.931. The molecule has 0 aromatic heterocycles. The Hall–Kier alpha value is 0.110. The van der Waals surface area contributed by atoms with Crippen molar-refractivity contribution in [2.75, 3.05) is 5.33 Å².